The Kier molecular flexibility index (Phi) is 3.65. The second-order valence-electron chi connectivity index (χ2n) is 7.18. The van der Waals surface area contributed by atoms with Crippen LogP contribution < -0.4 is 9.80 Å². The number of hydrogen-bond acceptors (Lipinski definition) is 7. The monoisotopic (exact) mass is 380 g/mol. The highest BCUT2D eigenvalue weighted by Crippen LogP contribution is 2.37. The van der Waals surface area contributed by atoms with Gasteiger partial charge in [-0.25, -0.2) is 4.98 Å². The van der Waals surface area contributed by atoms with Crippen molar-refractivity contribution < 1.29 is 0 Å². The summed E-state index contributed by atoms with van der Waals surface area (Å²) >= 11 is 6.34. The summed E-state index contributed by atoms with van der Waals surface area (Å²) in [6.45, 7) is 5.63. The third kappa shape index (κ3) is 2.66. The molecule has 2 unspecified atom stereocenters. The molecule has 0 bridgehead atoms. The third-order valence-electron chi connectivity index (χ3n) is 5.47. The third-order valence-corrected chi connectivity index (χ3v) is 5.74. The normalized spacial score (nSPS) is 21.7. The topological polar surface area (TPSA) is 86.2 Å². The van der Waals surface area contributed by atoms with E-state index in [1.54, 1.807) is 16.8 Å². The van der Waals surface area contributed by atoms with Crippen LogP contribution in [0.4, 0.5) is 11.6 Å². The van der Waals surface area contributed by atoms with E-state index in [0.29, 0.717) is 22.4 Å². The fraction of sp³-hybridized carbons (Fsp3) is 0.389. The zero-order valence-corrected chi connectivity index (χ0v) is 15.5. The van der Waals surface area contributed by atoms with Crippen molar-refractivity contribution in [2.75, 3.05) is 36.0 Å². The molecule has 0 amide bonds. The molecule has 3 aromatic rings. The van der Waals surface area contributed by atoms with Crippen LogP contribution in [0.25, 0.3) is 5.65 Å². The van der Waals surface area contributed by atoms with E-state index in [2.05, 4.69) is 31.1 Å². The Morgan fingerprint density at radius 2 is 1.85 bits per heavy atom. The maximum atomic E-state index is 8.97. The molecule has 0 aromatic carbocycles. The maximum absolute atomic E-state index is 8.97. The number of nitrogens with zero attached hydrogens (tertiary/aromatic N) is 8. The summed E-state index contributed by atoms with van der Waals surface area (Å²) in [6.07, 6.45) is 1.59. The first-order valence-corrected chi connectivity index (χ1v) is 9.25. The van der Waals surface area contributed by atoms with Crippen molar-refractivity contribution in [1.29, 1.82) is 5.26 Å². The summed E-state index contributed by atoms with van der Waals surface area (Å²) in [6, 6.07) is 7.74. The number of hydrogen-bond donors (Lipinski definition) is 0. The highest BCUT2D eigenvalue weighted by molar-refractivity contribution is 6.33. The summed E-state index contributed by atoms with van der Waals surface area (Å²) < 4.78 is 1.79. The van der Waals surface area contributed by atoms with E-state index in [-0.39, 0.29) is 0 Å². The van der Waals surface area contributed by atoms with E-state index in [9.17, 15) is 0 Å². The van der Waals surface area contributed by atoms with Gasteiger partial charge in [-0.1, -0.05) is 11.6 Å². The lowest BCUT2D eigenvalue weighted by Gasteiger charge is -2.23. The van der Waals surface area contributed by atoms with Gasteiger partial charge in [0.1, 0.15) is 17.7 Å². The maximum Gasteiger partial charge on any atom is 0.178 e. The molecular weight excluding hydrogens is 364 g/mol. The van der Waals surface area contributed by atoms with E-state index >= 15 is 0 Å². The Morgan fingerprint density at radius 1 is 1.11 bits per heavy atom. The van der Waals surface area contributed by atoms with Gasteiger partial charge in [0, 0.05) is 44.2 Å². The standard InChI is InChI=1S/C18H17ClN8/c1-11-22-23-16-2-3-17(24-27(11)16)25-7-13-9-26(10-14(13)8-25)18-15(19)4-12(5-20)6-21-18/h2-4,6,13-14H,7-10H2,1H3. The van der Waals surface area contributed by atoms with Crippen LogP contribution in [0.1, 0.15) is 11.4 Å². The number of fused-ring (bicyclic) bond motifs is 2. The number of aromatic nitrogens is 5. The molecule has 5 heterocycles. The van der Waals surface area contributed by atoms with Crippen LogP contribution in [-0.2, 0) is 0 Å². The van der Waals surface area contributed by atoms with Crippen molar-refractivity contribution in [1.82, 2.24) is 24.8 Å². The molecule has 8 nitrogen and oxygen atoms in total. The predicted octanol–water partition coefficient (Wildman–Crippen LogP) is 1.93. The quantitative estimate of drug-likeness (QED) is 0.671. The van der Waals surface area contributed by atoms with Crippen molar-refractivity contribution in [2.45, 2.75) is 6.92 Å². The van der Waals surface area contributed by atoms with Gasteiger partial charge >= 0.3 is 0 Å². The smallest absolute Gasteiger partial charge is 0.178 e. The lowest BCUT2D eigenvalue weighted by molar-refractivity contribution is 0.533. The van der Waals surface area contributed by atoms with Gasteiger partial charge in [-0.15, -0.1) is 15.3 Å². The van der Waals surface area contributed by atoms with Crippen molar-refractivity contribution in [2.24, 2.45) is 11.8 Å². The van der Waals surface area contributed by atoms with Crippen LogP contribution in [0, 0.1) is 30.1 Å². The van der Waals surface area contributed by atoms with Gasteiger partial charge in [0.15, 0.2) is 11.5 Å². The van der Waals surface area contributed by atoms with E-state index in [4.69, 9.17) is 22.0 Å². The fourth-order valence-corrected chi connectivity index (χ4v) is 4.42. The zero-order chi connectivity index (χ0) is 18.5. The summed E-state index contributed by atoms with van der Waals surface area (Å²) in [7, 11) is 0. The number of anilines is 2. The van der Waals surface area contributed by atoms with Gasteiger partial charge in [0.25, 0.3) is 0 Å². The number of nitriles is 1. The highest BCUT2D eigenvalue weighted by Gasteiger charge is 2.41. The minimum absolute atomic E-state index is 0.486. The average molecular weight is 381 g/mol. The number of halogens is 1. The van der Waals surface area contributed by atoms with E-state index in [1.807, 2.05) is 19.1 Å². The molecule has 136 valence electrons. The minimum atomic E-state index is 0.486. The Bertz CT molecular complexity index is 1060. The number of rotatable bonds is 2. The molecule has 0 spiro atoms. The van der Waals surface area contributed by atoms with Crippen LogP contribution in [-0.4, -0.2) is 51.0 Å². The van der Waals surface area contributed by atoms with Crippen molar-refractivity contribution in [3.63, 3.8) is 0 Å². The minimum Gasteiger partial charge on any atom is -0.355 e. The van der Waals surface area contributed by atoms with Gasteiger partial charge in [-0.05, 0) is 25.1 Å². The zero-order valence-electron chi connectivity index (χ0n) is 14.7. The first-order valence-electron chi connectivity index (χ1n) is 8.87. The summed E-state index contributed by atoms with van der Waals surface area (Å²) in [4.78, 5) is 8.97. The molecule has 9 heteroatoms. The van der Waals surface area contributed by atoms with Gasteiger partial charge in [0.2, 0.25) is 0 Å². The van der Waals surface area contributed by atoms with Crippen LogP contribution in [0.5, 0.6) is 0 Å². The number of aryl methyl sites for hydroxylation is 1. The Balaban J connectivity index is 1.33. The van der Waals surface area contributed by atoms with Crippen LogP contribution in [0.2, 0.25) is 5.02 Å². The van der Waals surface area contributed by atoms with Gasteiger partial charge < -0.3 is 9.80 Å². The largest absolute Gasteiger partial charge is 0.355 e. The Hall–Kier alpha value is -2.92. The van der Waals surface area contributed by atoms with E-state index in [0.717, 1.165) is 49.3 Å². The lowest BCUT2D eigenvalue weighted by Crippen LogP contribution is -2.30. The number of pyridine rings is 1. The Morgan fingerprint density at radius 3 is 2.56 bits per heavy atom. The van der Waals surface area contributed by atoms with Crippen molar-refractivity contribution >= 4 is 28.9 Å². The molecule has 2 atom stereocenters. The first kappa shape index (κ1) is 16.3. The molecule has 0 N–H and O–H groups in total. The molecule has 0 saturated carbocycles. The lowest BCUT2D eigenvalue weighted by atomic mass is 10.0. The molecule has 0 radical (unpaired) electrons. The summed E-state index contributed by atoms with van der Waals surface area (Å²) in [5.74, 6) is 3.60. The predicted molar refractivity (Wildman–Crippen MR) is 101 cm³/mol. The fourth-order valence-electron chi connectivity index (χ4n) is 4.13. The van der Waals surface area contributed by atoms with E-state index in [1.165, 1.54) is 0 Å². The summed E-state index contributed by atoms with van der Waals surface area (Å²) in [5, 5.41) is 22.4. The molecule has 27 heavy (non-hydrogen) atoms. The first-order chi connectivity index (χ1) is 13.1. The molecule has 5 rings (SSSR count). The van der Waals surface area contributed by atoms with Crippen LogP contribution in [0.15, 0.2) is 24.4 Å². The molecule has 2 fully saturated rings. The second kappa shape index (κ2) is 6.06. The van der Waals surface area contributed by atoms with Crippen LogP contribution >= 0.6 is 11.6 Å². The SMILES string of the molecule is Cc1nnc2ccc(N3CC4CN(c5ncc(C#N)cc5Cl)CC4C3)nn12. The average Bonchev–Trinajstić information content (AvgIpc) is 3.34. The Labute approximate surface area is 161 Å². The molecule has 2 aliphatic rings. The molecule has 2 aliphatic heterocycles. The van der Waals surface area contributed by atoms with Gasteiger partial charge in [-0.2, -0.15) is 9.78 Å². The molecule has 0 aliphatic carbocycles. The van der Waals surface area contributed by atoms with Gasteiger partial charge in [0.05, 0.1) is 10.6 Å². The molecular formula is C18H17ClN8. The van der Waals surface area contributed by atoms with Crippen molar-refractivity contribution in [3.05, 3.63) is 40.8 Å². The van der Waals surface area contributed by atoms with Crippen LogP contribution in [0.3, 0.4) is 0 Å². The molecule has 2 saturated heterocycles. The summed E-state index contributed by atoms with van der Waals surface area (Å²) in [5.41, 5.74) is 1.25. The van der Waals surface area contributed by atoms with Gasteiger partial charge in [-0.3, -0.25) is 0 Å². The molecule has 3 aromatic heterocycles. The van der Waals surface area contributed by atoms with Crippen molar-refractivity contribution in [3.8, 4) is 6.07 Å². The van der Waals surface area contributed by atoms with E-state index < -0.39 is 0 Å². The highest BCUT2D eigenvalue weighted by atomic mass is 35.5. The second-order valence-corrected chi connectivity index (χ2v) is 7.59.